The maximum atomic E-state index is 12.9. The van der Waals surface area contributed by atoms with Gasteiger partial charge in [0.05, 0.1) is 5.92 Å². The number of unbranched alkanes of at least 4 members (excludes halogenated alkanes) is 2. The van der Waals surface area contributed by atoms with Crippen LogP contribution in [0, 0.1) is 19.8 Å². The molecule has 1 aromatic carbocycles. The predicted molar refractivity (Wildman–Crippen MR) is 103 cm³/mol. The summed E-state index contributed by atoms with van der Waals surface area (Å²) in [6, 6.07) is 6.08. The molecule has 1 atom stereocenters. The van der Waals surface area contributed by atoms with Crippen molar-refractivity contribution < 1.29 is 9.59 Å². The van der Waals surface area contributed by atoms with Gasteiger partial charge in [0.15, 0.2) is 0 Å². The molecular weight excluding hydrogens is 312 g/mol. The highest BCUT2D eigenvalue weighted by Crippen LogP contribution is 2.28. The number of aryl methyl sites for hydroxylation is 2. The molecule has 2 amide bonds. The minimum Gasteiger partial charge on any atom is -0.342 e. The predicted octanol–water partition coefficient (Wildman–Crippen LogP) is 4.09. The molecule has 1 saturated heterocycles. The molecule has 0 aromatic heterocycles. The van der Waals surface area contributed by atoms with E-state index in [-0.39, 0.29) is 17.7 Å². The number of nitrogens with zero attached hydrogens (tertiary/aromatic N) is 2. The topological polar surface area (TPSA) is 40.6 Å². The molecule has 0 bridgehead atoms. The van der Waals surface area contributed by atoms with Crippen LogP contribution < -0.4 is 4.90 Å². The van der Waals surface area contributed by atoms with E-state index < -0.39 is 0 Å². The van der Waals surface area contributed by atoms with Crippen molar-refractivity contribution in [1.29, 1.82) is 0 Å². The van der Waals surface area contributed by atoms with Crippen molar-refractivity contribution in [3.05, 3.63) is 29.3 Å². The number of carbonyl (C=O) groups is 2. The summed E-state index contributed by atoms with van der Waals surface area (Å²) in [6.07, 6.45) is 4.54. The first kappa shape index (κ1) is 19.5. The molecule has 1 aromatic rings. The molecule has 1 heterocycles. The highest BCUT2D eigenvalue weighted by atomic mass is 16.2. The van der Waals surface area contributed by atoms with E-state index in [0.29, 0.717) is 13.0 Å². The van der Waals surface area contributed by atoms with Crippen molar-refractivity contribution in [2.75, 3.05) is 24.5 Å². The van der Waals surface area contributed by atoms with Gasteiger partial charge in [0, 0.05) is 31.7 Å². The van der Waals surface area contributed by atoms with E-state index in [4.69, 9.17) is 0 Å². The van der Waals surface area contributed by atoms with E-state index in [1.54, 1.807) is 4.90 Å². The van der Waals surface area contributed by atoms with Crippen LogP contribution in [0.2, 0.25) is 0 Å². The molecule has 138 valence electrons. The third-order valence-corrected chi connectivity index (χ3v) is 5.15. The van der Waals surface area contributed by atoms with Crippen molar-refractivity contribution >= 4 is 17.5 Å². The number of anilines is 1. The number of benzene rings is 1. The molecule has 1 aliphatic heterocycles. The summed E-state index contributed by atoms with van der Waals surface area (Å²) < 4.78 is 0. The lowest BCUT2D eigenvalue weighted by molar-refractivity contribution is -0.136. The Kier molecular flexibility index (Phi) is 7.03. The van der Waals surface area contributed by atoms with Crippen LogP contribution in [0.3, 0.4) is 0 Å². The van der Waals surface area contributed by atoms with Gasteiger partial charge in [-0.2, -0.15) is 0 Å². The molecule has 0 aliphatic carbocycles. The maximum Gasteiger partial charge on any atom is 0.228 e. The first-order chi connectivity index (χ1) is 12.0. The zero-order chi connectivity index (χ0) is 18.4. The Morgan fingerprint density at radius 2 is 1.76 bits per heavy atom. The van der Waals surface area contributed by atoms with Crippen LogP contribution in [-0.2, 0) is 9.59 Å². The van der Waals surface area contributed by atoms with Crippen molar-refractivity contribution in [2.24, 2.45) is 5.92 Å². The van der Waals surface area contributed by atoms with Gasteiger partial charge < -0.3 is 9.80 Å². The van der Waals surface area contributed by atoms with Crippen LogP contribution >= 0.6 is 0 Å². The first-order valence-corrected chi connectivity index (χ1v) is 9.64. The van der Waals surface area contributed by atoms with Crippen molar-refractivity contribution in [2.45, 2.75) is 59.8 Å². The average molecular weight is 344 g/mol. The molecule has 1 aliphatic rings. The first-order valence-electron chi connectivity index (χ1n) is 9.64. The largest absolute Gasteiger partial charge is 0.342 e. The fourth-order valence-corrected chi connectivity index (χ4v) is 3.30. The summed E-state index contributed by atoms with van der Waals surface area (Å²) in [7, 11) is 0. The van der Waals surface area contributed by atoms with E-state index in [0.717, 1.165) is 44.5 Å². The summed E-state index contributed by atoms with van der Waals surface area (Å²) in [5, 5.41) is 0. The van der Waals surface area contributed by atoms with Gasteiger partial charge in [-0.3, -0.25) is 9.59 Å². The Morgan fingerprint density at radius 1 is 1.12 bits per heavy atom. The molecule has 0 N–H and O–H groups in total. The number of carbonyl (C=O) groups excluding carboxylic acids is 2. The summed E-state index contributed by atoms with van der Waals surface area (Å²) >= 11 is 0. The van der Waals surface area contributed by atoms with E-state index in [2.05, 4.69) is 27.7 Å². The van der Waals surface area contributed by atoms with Gasteiger partial charge in [0.25, 0.3) is 0 Å². The Bertz CT molecular complexity index is 604. The third-order valence-electron chi connectivity index (χ3n) is 5.15. The molecule has 1 fully saturated rings. The van der Waals surface area contributed by atoms with Crippen LogP contribution in [0.1, 0.15) is 57.1 Å². The van der Waals surface area contributed by atoms with Gasteiger partial charge in [-0.05, 0) is 49.9 Å². The quantitative estimate of drug-likeness (QED) is 0.713. The van der Waals surface area contributed by atoms with Gasteiger partial charge in [-0.1, -0.05) is 32.8 Å². The van der Waals surface area contributed by atoms with E-state index in [1.165, 1.54) is 11.1 Å². The Balaban J connectivity index is 2.08. The Morgan fingerprint density at radius 3 is 2.32 bits per heavy atom. The van der Waals surface area contributed by atoms with Crippen LogP contribution in [-0.4, -0.2) is 36.3 Å². The van der Waals surface area contributed by atoms with E-state index >= 15 is 0 Å². The molecule has 4 heteroatoms. The summed E-state index contributed by atoms with van der Waals surface area (Å²) in [5.41, 5.74) is 3.30. The average Bonchev–Trinajstić information content (AvgIpc) is 2.99. The normalized spacial score (nSPS) is 17.2. The monoisotopic (exact) mass is 344 g/mol. The highest BCUT2D eigenvalue weighted by Gasteiger charge is 2.37. The lowest BCUT2D eigenvalue weighted by atomic mass is 10.1. The molecule has 4 nitrogen and oxygen atoms in total. The van der Waals surface area contributed by atoms with Crippen LogP contribution in [0.15, 0.2) is 18.2 Å². The maximum absolute atomic E-state index is 12.9. The van der Waals surface area contributed by atoms with Gasteiger partial charge >= 0.3 is 0 Å². The third kappa shape index (κ3) is 4.83. The highest BCUT2D eigenvalue weighted by molar-refractivity contribution is 6.00. The Labute approximate surface area is 152 Å². The standard InChI is InChI=1S/C21H32N2O2/c1-5-7-11-22(12-8-6-2)21(25)18-14-20(24)23(15-18)19-10-9-16(3)17(4)13-19/h9-10,13,18H,5-8,11-12,14-15H2,1-4H3. The van der Waals surface area contributed by atoms with Gasteiger partial charge in [0.1, 0.15) is 0 Å². The van der Waals surface area contributed by atoms with Gasteiger partial charge in [-0.25, -0.2) is 0 Å². The smallest absolute Gasteiger partial charge is 0.228 e. The summed E-state index contributed by atoms with van der Waals surface area (Å²) in [5.74, 6) is 0.0111. The number of hydrogen-bond donors (Lipinski definition) is 0. The lowest BCUT2D eigenvalue weighted by Crippen LogP contribution is -2.38. The molecule has 0 spiro atoms. The fraction of sp³-hybridized carbons (Fsp3) is 0.619. The molecule has 25 heavy (non-hydrogen) atoms. The Hall–Kier alpha value is -1.84. The van der Waals surface area contributed by atoms with Gasteiger partial charge in [0.2, 0.25) is 11.8 Å². The van der Waals surface area contributed by atoms with E-state index in [1.807, 2.05) is 23.1 Å². The van der Waals surface area contributed by atoms with E-state index in [9.17, 15) is 9.59 Å². The second-order valence-corrected chi connectivity index (χ2v) is 7.21. The van der Waals surface area contributed by atoms with Crippen LogP contribution in [0.25, 0.3) is 0 Å². The number of hydrogen-bond acceptors (Lipinski definition) is 2. The molecule has 0 saturated carbocycles. The molecule has 0 radical (unpaired) electrons. The minimum atomic E-state index is -0.206. The fourth-order valence-electron chi connectivity index (χ4n) is 3.30. The lowest BCUT2D eigenvalue weighted by Gasteiger charge is -2.25. The minimum absolute atomic E-state index is 0.0625. The van der Waals surface area contributed by atoms with Gasteiger partial charge in [-0.15, -0.1) is 0 Å². The second-order valence-electron chi connectivity index (χ2n) is 7.21. The van der Waals surface area contributed by atoms with Crippen molar-refractivity contribution in [3.8, 4) is 0 Å². The zero-order valence-corrected chi connectivity index (χ0v) is 16.2. The molecular formula is C21H32N2O2. The summed E-state index contributed by atoms with van der Waals surface area (Å²) in [4.78, 5) is 29.2. The SMILES string of the molecule is CCCCN(CCCC)C(=O)C1CC(=O)N(c2ccc(C)c(C)c2)C1. The number of amides is 2. The van der Waals surface area contributed by atoms with Crippen LogP contribution in [0.5, 0.6) is 0 Å². The zero-order valence-electron chi connectivity index (χ0n) is 16.2. The van der Waals surface area contributed by atoms with Crippen molar-refractivity contribution in [3.63, 3.8) is 0 Å². The molecule has 1 unspecified atom stereocenters. The van der Waals surface area contributed by atoms with Crippen molar-refractivity contribution in [1.82, 2.24) is 4.90 Å². The summed E-state index contributed by atoms with van der Waals surface area (Å²) in [6.45, 7) is 10.5. The molecule has 2 rings (SSSR count). The number of rotatable bonds is 8. The van der Waals surface area contributed by atoms with Crippen LogP contribution in [0.4, 0.5) is 5.69 Å². The second kappa shape index (κ2) is 9.02.